The highest BCUT2D eigenvalue weighted by molar-refractivity contribution is 4.94. The monoisotopic (exact) mass is 239 g/mol. The van der Waals surface area contributed by atoms with Gasteiger partial charge in [0.1, 0.15) is 0 Å². The number of nitrogens with zero attached hydrogens (tertiary/aromatic N) is 2. The predicted octanol–water partition coefficient (Wildman–Crippen LogP) is 1.84. The van der Waals surface area contributed by atoms with Crippen LogP contribution in [0.4, 0.5) is 0 Å². The van der Waals surface area contributed by atoms with Crippen molar-refractivity contribution in [3.8, 4) is 0 Å². The van der Waals surface area contributed by atoms with E-state index in [1.165, 1.54) is 19.3 Å². The first-order valence-corrected chi connectivity index (χ1v) is 6.45. The summed E-state index contributed by atoms with van der Waals surface area (Å²) >= 11 is 0. The first kappa shape index (κ1) is 12.5. The van der Waals surface area contributed by atoms with E-state index in [1.807, 2.05) is 0 Å². The third kappa shape index (κ3) is 3.51. The molecule has 1 aromatic heterocycles. The Labute approximate surface area is 102 Å². The Morgan fingerprint density at radius 3 is 3.00 bits per heavy atom. The molecule has 0 radical (unpaired) electrons. The van der Waals surface area contributed by atoms with Gasteiger partial charge in [0, 0.05) is 13.0 Å². The fourth-order valence-electron chi connectivity index (χ4n) is 1.87. The molecule has 1 heterocycles. The van der Waals surface area contributed by atoms with Crippen LogP contribution in [0, 0.1) is 5.92 Å². The second-order valence-corrected chi connectivity index (χ2v) is 4.73. The Balaban J connectivity index is 1.79. The number of hydrogen-bond acceptors (Lipinski definition) is 5. The minimum atomic E-state index is -0.277. The average molecular weight is 239 g/mol. The molecule has 5 nitrogen and oxygen atoms in total. The molecular formula is C12H21N3O2. The summed E-state index contributed by atoms with van der Waals surface area (Å²) in [7, 11) is 0. The fourth-order valence-corrected chi connectivity index (χ4v) is 1.87. The Hall–Kier alpha value is -0.940. The van der Waals surface area contributed by atoms with Crippen LogP contribution in [0.15, 0.2) is 4.52 Å². The standard InChI is InChI=1S/C12H21N3O2/c1-2-6-16-8-10(13)12-14-11(17-15-12)7-9-4-3-5-9/h9-10H,2-8,13H2,1H3. The molecule has 0 spiro atoms. The molecule has 0 aromatic carbocycles. The summed E-state index contributed by atoms with van der Waals surface area (Å²) in [6, 6.07) is -0.277. The van der Waals surface area contributed by atoms with E-state index < -0.39 is 0 Å². The quantitative estimate of drug-likeness (QED) is 0.735. The molecule has 1 atom stereocenters. The lowest BCUT2D eigenvalue weighted by Crippen LogP contribution is -2.19. The van der Waals surface area contributed by atoms with E-state index in [-0.39, 0.29) is 6.04 Å². The molecule has 1 aliphatic carbocycles. The van der Waals surface area contributed by atoms with Gasteiger partial charge >= 0.3 is 0 Å². The van der Waals surface area contributed by atoms with Crippen molar-refractivity contribution in [3.63, 3.8) is 0 Å². The van der Waals surface area contributed by atoms with E-state index in [1.54, 1.807) is 0 Å². The van der Waals surface area contributed by atoms with Gasteiger partial charge < -0.3 is 15.0 Å². The molecule has 2 N–H and O–H groups in total. The molecule has 1 unspecified atom stereocenters. The van der Waals surface area contributed by atoms with Crippen molar-refractivity contribution in [2.75, 3.05) is 13.2 Å². The van der Waals surface area contributed by atoms with Gasteiger partial charge in [-0.15, -0.1) is 0 Å². The van der Waals surface area contributed by atoms with Crippen molar-refractivity contribution < 1.29 is 9.26 Å². The van der Waals surface area contributed by atoms with Crippen LogP contribution in [0.5, 0.6) is 0 Å². The lowest BCUT2D eigenvalue weighted by Gasteiger charge is -2.23. The molecule has 0 amide bonds. The molecule has 0 aliphatic heterocycles. The SMILES string of the molecule is CCCOCC(N)c1noc(CC2CCC2)n1. The number of ether oxygens (including phenoxy) is 1. The normalized spacial score (nSPS) is 18.0. The van der Waals surface area contributed by atoms with Crippen molar-refractivity contribution in [1.29, 1.82) is 0 Å². The highest BCUT2D eigenvalue weighted by Crippen LogP contribution is 2.29. The first-order valence-electron chi connectivity index (χ1n) is 6.45. The van der Waals surface area contributed by atoms with E-state index in [0.29, 0.717) is 12.4 Å². The maximum absolute atomic E-state index is 5.92. The maximum Gasteiger partial charge on any atom is 0.226 e. The van der Waals surface area contributed by atoms with E-state index in [0.717, 1.165) is 31.3 Å². The number of nitrogens with two attached hydrogens (primary N) is 1. The average Bonchev–Trinajstić information content (AvgIpc) is 2.72. The molecule has 96 valence electrons. The van der Waals surface area contributed by atoms with Gasteiger partial charge in [-0.25, -0.2) is 0 Å². The summed E-state index contributed by atoms with van der Waals surface area (Å²) in [6.45, 7) is 3.24. The molecule has 0 bridgehead atoms. The van der Waals surface area contributed by atoms with Crippen molar-refractivity contribution in [2.45, 2.75) is 45.1 Å². The lowest BCUT2D eigenvalue weighted by atomic mass is 9.83. The Morgan fingerprint density at radius 1 is 1.53 bits per heavy atom. The van der Waals surface area contributed by atoms with Crippen LogP contribution in [0.1, 0.15) is 50.4 Å². The second kappa shape index (κ2) is 6.12. The first-order chi connectivity index (χ1) is 8.29. The molecule has 5 heteroatoms. The number of aromatic nitrogens is 2. The van der Waals surface area contributed by atoms with Crippen LogP contribution in [0.3, 0.4) is 0 Å². The number of rotatable bonds is 7. The zero-order valence-corrected chi connectivity index (χ0v) is 10.4. The van der Waals surface area contributed by atoms with Gasteiger partial charge in [-0.3, -0.25) is 0 Å². The smallest absolute Gasteiger partial charge is 0.226 e. The molecule has 1 aromatic rings. The zero-order chi connectivity index (χ0) is 12.1. The summed E-state index contributed by atoms with van der Waals surface area (Å²) in [6.07, 6.45) is 5.78. The van der Waals surface area contributed by atoms with E-state index in [9.17, 15) is 0 Å². The van der Waals surface area contributed by atoms with Gasteiger partial charge in [0.05, 0.1) is 12.6 Å². The van der Waals surface area contributed by atoms with Crippen LogP contribution in [-0.2, 0) is 11.2 Å². The summed E-state index contributed by atoms with van der Waals surface area (Å²) < 4.78 is 10.6. The lowest BCUT2D eigenvalue weighted by molar-refractivity contribution is 0.119. The minimum Gasteiger partial charge on any atom is -0.379 e. The van der Waals surface area contributed by atoms with Gasteiger partial charge in [0.15, 0.2) is 5.82 Å². The van der Waals surface area contributed by atoms with Crippen LogP contribution in [-0.4, -0.2) is 23.4 Å². The largest absolute Gasteiger partial charge is 0.379 e. The zero-order valence-electron chi connectivity index (χ0n) is 10.4. The second-order valence-electron chi connectivity index (χ2n) is 4.73. The Bertz CT molecular complexity index is 336. The molecule has 2 rings (SSSR count). The summed E-state index contributed by atoms with van der Waals surface area (Å²) in [5.41, 5.74) is 5.92. The Kier molecular flexibility index (Phi) is 4.50. The van der Waals surface area contributed by atoms with Gasteiger partial charge in [-0.2, -0.15) is 4.98 Å². The van der Waals surface area contributed by atoms with Crippen molar-refractivity contribution >= 4 is 0 Å². The molecule has 1 fully saturated rings. The molecule has 1 aliphatic rings. The topological polar surface area (TPSA) is 74.2 Å². The van der Waals surface area contributed by atoms with Crippen LogP contribution in [0.25, 0.3) is 0 Å². The van der Waals surface area contributed by atoms with Crippen LogP contribution in [0.2, 0.25) is 0 Å². The van der Waals surface area contributed by atoms with Crippen LogP contribution < -0.4 is 5.73 Å². The van der Waals surface area contributed by atoms with Crippen molar-refractivity contribution in [3.05, 3.63) is 11.7 Å². The van der Waals surface area contributed by atoms with E-state index in [4.69, 9.17) is 15.0 Å². The maximum atomic E-state index is 5.92. The highest BCUT2D eigenvalue weighted by atomic mass is 16.5. The van der Waals surface area contributed by atoms with Crippen molar-refractivity contribution in [1.82, 2.24) is 10.1 Å². The minimum absolute atomic E-state index is 0.277. The van der Waals surface area contributed by atoms with Gasteiger partial charge in [-0.05, 0) is 25.2 Å². The third-order valence-electron chi connectivity index (χ3n) is 3.15. The van der Waals surface area contributed by atoms with Gasteiger partial charge in [-0.1, -0.05) is 18.5 Å². The fraction of sp³-hybridized carbons (Fsp3) is 0.833. The van der Waals surface area contributed by atoms with E-state index >= 15 is 0 Å². The van der Waals surface area contributed by atoms with Crippen molar-refractivity contribution in [2.24, 2.45) is 11.7 Å². The summed E-state index contributed by atoms with van der Waals surface area (Å²) in [5, 5.41) is 3.92. The van der Waals surface area contributed by atoms with Gasteiger partial charge in [0.2, 0.25) is 5.89 Å². The third-order valence-corrected chi connectivity index (χ3v) is 3.15. The molecule has 17 heavy (non-hydrogen) atoms. The molecule has 0 saturated heterocycles. The van der Waals surface area contributed by atoms with Crippen LogP contribution >= 0.6 is 0 Å². The highest BCUT2D eigenvalue weighted by Gasteiger charge is 2.22. The van der Waals surface area contributed by atoms with E-state index in [2.05, 4.69) is 17.1 Å². The molecular weight excluding hydrogens is 218 g/mol. The number of hydrogen-bond donors (Lipinski definition) is 1. The Morgan fingerprint density at radius 2 is 2.35 bits per heavy atom. The summed E-state index contributed by atoms with van der Waals surface area (Å²) in [4.78, 5) is 4.33. The summed E-state index contributed by atoms with van der Waals surface area (Å²) in [5.74, 6) is 2.02. The van der Waals surface area contributed by atoms with Gasteiger partial charge in [0.25, 0.3) is 0 Å². The predicted molar refractivity (Wildman–Crippen MR) is 63.4 cm³/mol. The molecule has 1 saturated carbocycles.